The number of alkyl halides is 3. The van der Waals surface area contributed by atoms with Crippen LogP contribution in [-0.2, 0) is 6.18 Å². The summed E-state index contributed by atoms with van der Waals surface area (Å²) in [6.07, 6.45) is -4.63. The highest BCUT2D eigenvalue weighted by atomic mass is 19.4. The third kappa shape index (κ3) is 2.58. The first-order valence-corrected chi connectivity index (χ1v) is 5.28. The van der Waals surface area contributed by atoms with E-state index in [1.807, 2.05) is 0 Å². The fraction of sp³-hybridized carbons (Fsp3) is 0.167. The number of halogens is 3. The smallest absolute Gasteiger partial charge is 0.417 e. The van der Waals surface area contributed by atoms with Gasteiger partial charge in [-0.2, -0.15) is 13.2 Å². The van der Waals surface area contributed by atoms with Gasteiger partial charge in [-0.3, -0.25) is 0 Å². The van der Waals surface area contributed by atoms with E-state index in [9.17, 15) is 18.0 Å². The van der Waals surface area contributed by atoms with Crippen molar-refractivity contribution in [2.75, 3.05) is 7.11 Å². The molecule has 0 unspecified atom stereocenters. The number of methoxy groups -OCH3 is 1. The van der Waals surface area contributed by atoms with Crippen LogP contribution in [0.4, 0.5) is 13.2 Å². The van der Waals surface area contributed by atoms with E-state index in [2.05, 4.69) is 9.68 Å². The van der Waals surface area contributed by atoms with Gasteiger partial charge in [0.05, 0.1) is 12.7 Å². The minimum Gasteiger partial charge on any atom is -0.497 e. The van der Waals surface area contributed by atoms with Crippen molar-refractivity contribution in [3.63, 3.8) is 0 Å². The van der Waals surface area contributed by atoms with Gasteiger partial charge in [-0.1, -0.05) is 5.16 Å². The lowest BCUT2D eigenvalue weighted by Gasteiger charge is -2.12. The maximum atomic E-state index is 13.0. The molecule has 1 aromatic carbocycles. The Labute approximate surface area is 110 Å². The van der Waals surface area contributed by atoms with E-state index in [1.54, 1.807) is 0 Å². The fourth-order valence-corrected chi connectivity index (χ4v) is 1.61. The third-order valence-corrected chi connectivity index (χ3v) is 2.53. The number of benzene rings is 1. The van der Waals surface area contributed by atoms with E-state index in [0.717, 1.165) is 18.2 Å². The quantitative estimate of drug-likeness (QED) is 0.939. The molecule has 0 saturated carbocycles. The van der Waals surface area contributed by atoms with Crippen LogP contribution in [0.25, 0.3) is 11.3 Å². The molecule has 0 bridgehead atoms. The topological polar surface area (TPSA) is 72.6 Å². The first-order chi connectivity index (χ1) is 9.32. The zero-order valence-electron chi connectivity index (χ0n) is 10.1. The summed E-state index contributed by atoms with van der Waals surface area (Å²) in [4.78, 5) is 10.7. The van der Waals surface area contributed by atoms with Crippen LogP contribution >= 0.6 is 0 Å². The lowest BCUT2D eigenvalue weighted by atomic mass is 10.0. The summed E-state index contributed by atoms with van der Waals surface area (Å²) in [7, 11) is 1.24. The Hall–Kier alpha value is -2.51. The molecule has 1 heterocycles. The second-order valence-electron chi connectivity index (χ2n) is 3.79. The van der Waals surface area contributed by atoms with Crippen LogP contribution in [0.3, 0.4) is 0 Å². The van der Waals surface area contributed by atoms with Gasteiger partial charge in [0, 0.05) is 11.6 Å². The molecule has 0 saturated heterocycles. The van der Waals surface area contributed by atoms with E-state index in [0.29, 0.717) is 0 Å². The molecule has 0 radical (unpaired) electrons. The second-order valence-corrected chi connectivity index (χ2v) is 3.79. The van der Waals surface area contributed by atoms with Gasteiger partial charge in [-0.25, -0.2) is 4.79 Å². The van der Waals surface area contributed by atoms with Gasteiger partial charge >= 0.3 is 12.1 Å². The van der Waals surface area contributed by atoms with Gasteiger partial charge in [0.1, 0.15) is 11.4 Å². The molecule has 0 atom stereocenters. The molecule has 106 valence electrons. The van der Waals surface area contributed by atoms with Crippen LogP contribution in [0.1, 0.15) is 16.1 Å². The van der Waals surface area contributed by atoms with Crippen molar-refractivity contribution in [2.45, 2.75) is 6.18 Å². The van der Waals surface area contributed by atoms with Gasteiger partial charge in [0.25, 0.3) is 0 Å². The minimum absolute atomic E-state index is 0.0306. The van der Waals surface area contributed by atoms with E-state index >= 15 is 0 Å². The number of hydrogen-bond acceptors (Lipinski definition) is 4. The molecule has 0 aliphatic rings. The summed E-state index contributed by atoms with van der Waals surface area (Å²) in [5, 5.41) is 12.0. The zero-order chi connectivity index (χ0) is 14.9. The molecule has 0 spiro atoms. The number of aromatic nitrogens is 1. The Morgan fingerprint density at radius 3 is 2.55 bits per heavy atom. The standard InChI is InChI=1S/C12H8F3NO4/c1-19-6-2-3-7(8(4-6)12(13,14)15)9-5-10(11(17)18)20-16-9/h2-5H,1H3,(H,17,18). The molecule has 2 rings (SSSR count). The molecule has 5 nitrogen and oxygen atoms in total. The summed E-state index contributed by atoms with van der Waals surface area (Å²) < 4.78 is 48.2. The number of carbonyl (C=O) groups is 1. The lowest BCUT2D eigenvalue weighted by Crippen LogP contribution is -2.07. The third-order valence-electron chi connectivity index (χ3n) is 2.53. The van der Waals surface area contributed by atoms with Crippen LogP contribution in [0, 0.1) is 0 Å². The largest absolute Gasteiger partial charge is 0.497 e. The molecular formula is C12H8F3NO4. The van der Waals surface area contributed by atoms with Gasteiger partial charge in [0.2, 0.25) is 5.76 Å². The molecule has 0 fully saturated rings. The van der Waals surface area contributed by atoms with Crippen LogP contribution in [0.2, 0.25) is 0 Å². The summed E-state index contributed by atoms with van der Waals surface area (Å²) >= 11 is 0. The molecule has 1 aromatic heterocycles. The minimum atomic E-state index is -4.63. The molecule has 20 heavy (non-hydrogen) atoms. The van der Waals surface area contributed by atoms with E-state index in [4.69, 9.17) is 9.84 Å². The van der Waals surface area contributed by atoms with Crippen molar-refractivity contribution < 1.29 is 32.3 Å². The van der Waals surface area contributed by atoms with Crippen molar-refractivity contribution in [2.24, 2.45) is 0 Å². The molecule has 0 aliphatic heterocycles. The maximum absolute atomic E-state index is 13.0. The Kier molecular flexibility index (Phi) is 3.39. The van der Waals surface area contributed by atoms with Crippen molar-refractivity contribution >= 4 is 5.97 Å². The lowest BCUT2D eigenvalue weighted by molar-refractivity contribution is -0.137. The summed E-state index contributed by atoms with van der Waals surface area (Å²) in [5.74, 6) is -1.92. The molecule has 0 aliphatic carbocycles. The van der Waals surface area contributed by atoms with Gasteiger partial charge in [0.15, 0.2) is 0 Å². The molecular weight excluding hydrogens is 279 g/mol. The Morgan fingerprint density at radius 1 is 1.35 bits per heavy atom. The van der Waals surface area contributed by atoms with Gasteiger partial charge in [-0.05, 0) is 18.2 Å². The zero-order valence-corrected chi connectivity index (χ0v) is 10.1. The number of carboxylic acids is 1. The van der Waals surface area contributed by atoms with Crippen molar-refractivity contribution in [1.82, 2.24) is 5.16 Å². The van der Waals surface area contributed by atoms with Crippen LogP contribution < -0.4 is 4.74 Å². The van der Waals surface area contributed by atoms with Gasteiger partial charge < -0.3 is 14.4 Å². The Bertz CT molecular complexity index is 648. The Morgan fingerprint density at radius 2 is 2.05 bits per heavy atom. The predicted molar refractivity (Wildman–Crippen MR) is 60.5 cm³/mol. The number of hydrogen-bond donors (Lipinski definition) is 1. The molecule has 8 heteroatoms. The number of nitrogens with zero attached hydrogens (tertiary/aromatic N) is 1. The summed E-state index contributed by atoms with van der Waals surface area (Å²) in [6.45, 7) is 0. The fourth-order valence-electron chi connectivity index (χ4n) is 1.61. The number of ether oxygens (including phenoxy) is 1. The van der Waals surface area contributed by atoms with Crippen molar-refractivity contribution in [1.29, 1.82) is 0 Å². The van der Waals surface area contributed by atoms with Crippen molar-refractivity contribution in [3.05, 3.63) is 35.6 Å². The van der Waals surface area contributed by atoms with Crippen LogP contribution in [0.15, 0.2) is 28.8 Å². The normalized spacial score (nSPS) is 11.4. The summed E-state index contributed by atoms with van der Waals surface area (Å²) in [6, 6.07) is 4.20. The number of carboxylic acid groups (broad SMARTS) is 1. The predicted octanol–water partition coefficient (Wildman–Crippen LogP) is 3.07. The SMILES string of the molecule is COc1ccc(-c2cc(C(=O)O)on2)c(C(F)(F)F)c1. The van der Waals surface area contributed by atoms with Crippen LogP contribution in [0.5, 0.6) is 5.75 Å². The molecule has 2 aromatic rings. The molecule has 0 amide bonds. The second kappa shape index (κ2) is 4.87. The number of aromatic carboxylic acids is 1. The highest BCUT2D eigenvalue weighted by molar-refractivity contribution is 5.86. The Balaban J connectivity index is 2.57. The maximum Gasteiger partial charge on any atom is 0.417 e. The first kappa shape index (κ1) is 13.9. The van der Waals surface area contributed by atoms with Crippen LogP contribution in [-0.4, -0.2) is 23.3 Å². The highest BCUT2D eigenvalue weighted by Gasteiger charge is 2.35. The monoisotopic (exact) mass is 287 g/mol. The number of rotatable bonds is 3. The van der Waals surface area contributed by atoms with Gasteiger partial charge in [-0.15, -0.1) is 0 Å². The van der Waals surface area contributed by atoms with Crippen molar-refractivity contribution in [3.8, 4) is 17.0 Å². The van der Waals surface area contributed by atoms with E-state index in [-0.39, 0.29) is 17.0 Å². The molecule has 1 N–H and O–H groups in total. The average Bonchev–Trinajstić information content (AvgIpc) is 2.86. The average molecular weight is 287 g/mol. The summed E-state index contributed by atoms with van der Waals surface area (Å²) in [5.41, 5.74) is -1.48. The first-order valence-electron chi connectivity index (χ1n) is 5.28. The van der Waals surface area contributed by atoms with E-state index < -0.39 is 23.5 Å². The van der Waals surface area contributed by atoms with E-state index in [1.165, 1.54) is 13.2 Å². The highest BCUT2D eigenvalue weighted by Crippen LogP contribution is 2.38.